The molecule has 94 valence electrons. The quantitative estimate of drug-likeness (QED) is 0.902. The van der Waals surface area contributed by atoms with Gasteiger partial charge in [-0.25, -0.2) is 8.78 Å². The van der Waals surface area contributed by atoms with Crippen LogP contribution in [0.3, 0.4) is 0 Å². The summed E-state index contributed by atoms with van der Waals surface area (Å²) in [5.41, 5.74) is 6.45. The summed E-state index contributed by atoms with van der Waals surface area (Å²) in [6, 6.07) is 10.7. The third-order valence-corrected chi connectivity index (χ3v) is 3.58. The maximum absolute atomic E-state index is 13.8. The molecule has 2 rings (SSSR count). The minimum Gasteiger partial charge on any atom is -0.324 e. The Balaban J connectivity index is 2.22. The zero-order valence-electron chi connectivity index (χ0n) is 9.86. The van der Waals surface area contributed by atoms with Crippen LogP contribution in [0, 0.1) is 11.6 Å². The Hall–Kier alpha value is -1.39. The number of hydrogen-bond acceptors (Lipinski definition) is 2. The van der Waals surface area contributed by atoms with Gasteiger partial charge in [0.05, 0.1) is 0 Å². The second kappa shape index (κ2) is 5.50. The fourth-order valence-electron chi connectivity index (χ4n) is 1.51. The van der Waals surface area contributed by atoms with Crippen molar-refractivity contribution in [2.45, 2.75) is 22.8 Å². The van der Waals surface area contributed by atoms with Gasteiger partial charge in [-0.1, -0.05) is 17.8 Å². The van der Waals surface area contributed by atoms with Crippen LogP contribution in [0.5, 0.6) is 0 Å². The molecular weight excluding hydrogens is 252 g/mol. The summed E-state index contributed by atoms with van der Waals surface area (Å²) in [6.07, 6.45) is 0. The maximum atomic E-state index is 13.8. The predicted octanol–water partition coefficient (Wildman–Crippen LogP) is 4.14. The molecule has 4 heteroatoms. The first-order valence-electron chi connectivity index (χ1n) is 5.54. The van der Waals surface area contributed by atoms with E-state index < -0.39 is 0 Å². The van der Waals surface area contributed by atoms with Crippen LogP contribution in [0.4, 0.5) is 8.78 Å². The Morgan fingerprint density at radius 2 is 1.72 bits per heavy atom. The Bertz CT molecular complexity index is 538. The number of nitrogens with two attached hydrogens (primary N) is 1. The molecule has 2 aromatic rings. The summed E-state index contributed by atoms with van der Waals surface area (Å²) in [5, 5.41) is 0. The molecule has 0 radical (unpaired) electrons. The van der Waals surface area contributed by atoms with E-state index in [0.29, 0.717) is 4.90 Å². The van der Waals surface area contributed by atoms with E-state index in [1.54, 1.807) is 24.3 Å². The summed E-state index contributed by atoms with van der Waals surface area (Å²) in [5.74, 6) is -0.605. The Kier molecular flexibility index (Phi) is 3.99. The van der Waals surface area contributed by atoms with E-state index in [0.717, 1.165) is 10.5 Å². The summed E-state index contributed by atoms with van der Waals surface area (Å²) >= 11 is 1.26. The topological polar surface area (TPSA) is 26.0 Å². The van der Waals surface area contributed by atoms with Crippen molar-refractivity contribution in [2.24, 2.45) is 5.73 Å². The van der Waals surface area contributed by atoms with Gasteiger partial charge < -0.3 is 5.73 Å². The van der Waals surface area contributed by atoms with E-state index in [2.05, 4.69) is 0 Å². The van der Waals surface area contributed by atoms with Gasteiger partial charge in [0, 0.05) is 15.8 Å². The van der Waals surface area contributed by atoms with E-state index >= 15 is 0 Å². The van der Waals surface area contributed by atoms with Gasteiger partial charge in [0.1, 0.15) is 11.6 Å². The number of rotatable bonds is 3. The van der Waals surface area contributed by atoms with Crippen molar-refractivity contribution >= 4 is 11.8 Å². The van der Waals surface area contributed by atoms with Crippen molar-refractivity contribution in [1.82, 2.24) is 0 Å². The van der Waals surface area contributed by atoms with Gasteiger partial charge in [-0.05, 0) is 48.9 Å². The predicted molar refractivity (Wildman–Crippen MR) is 69.5 cm³/mol. The first-order chi connectivity index (χ1) is 8.56. The van der Waals surface area contributed by atoms with Gasteiger partial charge in [0.15, 0.2) is 0 Å². The van der Waals surface area contributed by atoms with Crippen molar-refractivity contribution < 1.29 is 8.78 Å². The minimum atomic E-state index is -0.306. The first-order valence-corrected chi connectivity index (χ1v) is 6.36. The highest BCUT2D eigenvalue weighted by Gasteiger charge is 2.07. The van der Waals surface area contributed by atoms with Gasteiger partial charge in [-0.3, -0.25) is 0 Å². The van der Waals surface area contributed by atoms with Gasteiger partial charge in [-0.2, -0.15) is 0 Å². The second-order valence-corrected chi connectivity index (χ2v) is 5.15. The third-order valence-electron chi connectivity index (χ3n) is 2.52. The zero-order valence-corrected chi connectivity index (χ0v) is 10.7. The number of benzene rings is 2. The number of halogens is 2. The first kappa shape index (κ1) is 13.1. The highest BCUT2D eigenvalue weighted by atomic mass is 32.2. The van der Waals surface area contributed by atoms with E-state index in [1.165, 1.54) is 30.0 Å². The van der Waals surface area contributed by atoms with E-state index in [9.17, 15) is 8.78 Å². The Morgan fingerprint density at radius 1 is 1.06 bits per heavy atom. The summed E-state index contributed by atoms with van der Waals surface area (Å²) in [7, 11) is 0. The average Bonchev–Trinajstić information content (AvgIpc) is 2.34. The summed E-state index contributed by atoms with van der Waals surface area (Å²) in [6.45, 7) is 1.81. The third kappa shape index (κ3) is 3.09. The Morgan fingerprint density at radius 3 is 2.28 bits per heavy atom. The molecule has 1 nitrogen and oxygen atoms in total. The van der Waals surface area contributed by atoms with E-state index in [4.69, 9.17) is 5.73 Å². The maximum Gasteiger partial charge on any atom is 0.137 e. The van der Waals surface area contributed by atoms with Crippen molar-refractivity contribution in [1.29, 1.82) is 0 Å². The standard InChI is InChI=1S/C14H13F2NS/c1-9(17)10-2-7-14(13(16)8-10)18-12-5-3-11(15)4-6-12/h2-9H,17H2,1H3/t9-/m1/s1. The van der Waals surface area contributed by atoms with Gasteiger partial charge >= 0.3 is 0 Å². The van der Waals surface area contributed by atoms with Crippen LogP contribution in [0.25, 0.3) is 0 Å². The normalized spacial score (nSPS) is 12.4. The van der Waals surface area contributed by atoms with Gasteiger partial charge in [0.25, 0.3) is 0 Å². The Labute approximate surface area is 109 Å². The van der Waals surface area contributed by atoms with Crippen molar-refractivity contribution in [3.8, 4) is 0 Å². The van der Waals surface area contributed by atoms with E-state index in [-0.39, 0.29) is 17.7 Å². The smallest absolute Gasteiger partial charge is 0.137 e. The lowest BCUT2D eigenvalue weighted by Gasteiger charge is -2.08. The number of hydrogen-bond donors (Lipinski definition) is 1. The van der Waals surface area contributed by atoms with Crippen LogP contribution in [0.2, 0.25) is 0 Å². The monoisotopic (exact) mass is 265 g/mol. The zero-order chi connectivity index (χ0) is 13.1. The lowest BCUT2D eigenvalue weighted by Crippen LogP contribution is -2.05. The van der Waals surface area contributed by atoms with Gasteiger partial charge in [-0.15, -0.1) is 0 Å². The lowest BCUT2D eigenvalue weighted by molar-refractivity contribution is 0.596. The van der Waals surface area contributed by atoms with Crippen LogP contribution in [0.15, 0.2) is 52.3 Å². The highest BCUT2D eigenvalue weighted by Crippen LogP contribution is 2.30. The molecule has 2 N–H and O–H groups in total. The van der Waals surface area contributed by atoms with Crippen molar-refractivity contribution in [2.75, 3.05) is 0 Å². The molecule has 0 fully saturated rings. The molecule has 1 atom stereocenters. The molecule has 0 spiro atoms. The molecule has 18 heavy (non-hydrogen) atoms. The molecule has 0 aliphatic rings. The molecule has 0 aromatic heterocycles. The molecule has 0 amide bonds. The average molecular weight is 265 g/mol. The van der Waals surface area contributed by atoms with Gasteiger partial charge in [0.2, 0.25) is 0 Å². The molecule has 0 aliphatic heterocycles. The molecule has 0 heterocycles. The van der Waals surface area contributed by atoms with Crippen LogP contribution >= 0.6 is 11.8 Å². The van der Waals surface area contributed by atoms with Crippen LogP contribution < -0.4 is 5.73 Å². The molecule has 0 aliphatic carbocycles. The fraction of sp³-hybridized carbons (Fsp3) is 0.143. The molecule has 0 saturated heterocycles. The van der Waals surface area contributed by atoms with Crippen LogP contribution in [-0.4, -0.2) is 0 Å². The summed E-state index contributed by atoms with van der Waals surface area (Å²) < 4.78 is 26.6. The fourth-order valence-corrected chi connectivity index (χ4v) is 2.33. The van der Waals surface area contributed by atoms with Crippen molar-refractivity contribution in [3.05, 3.63) is 59.7 Å². The molecule has 0 unspecified atom stereocenters. The van der Waals surface area contributed by atoms with E-state index in [1.807, 2.05) is 6.92 Å². The minimum absolute atomic E-state index is 0.190. The molecule has 0 saturated carbocycles. The van der Waals surface area contributed by atoms with Crippen LogP contribution in [0.1, 0.15) is 18.5 Å². The largest absolute Gasteiger partial charge is 0.324 e. The van der Waals surface area contributed by atoms with Crippen LogP contribution in [-0.2, 0) is 0 Å². The SMILES string of the molecule is C[C@@H](N)c1ccc(Sc2ccc(F)cc2)c(F)c1. The molecular formula is C14H13F2NS. The van der Waals surface area contributed by atoms with Crippen molar-refractivity contribution in [3.63, 3.8) is 0 Å². The highest BCUT2D eigenvalue weighted by molar-refractivity contribution is 7.99. The molecule has 2 aromatic carbocycles. The second-order valence-electron chi connectivity index (χ2n) is 4.03. The lowest BCUT2D eigenvalue weighted by atomic mass is 10.1. The summed E-state index contributed by atoms with van der Waals surface area (Å²) in [4.78, 5) is 1.30. The molecule has 0 bridgehead atoms.